The number of hydrogen-bond donors (Lipinski definition) is 0. The van der Waals surface area contributed by atoms with E-state index in [9.17, 15) is 4.39 Å². The monoisotopic (exact) mass is 356 g/mol. The normalized spacial score (nSPS) is 12.2. The highest BCUT2D eigenvalue weighted by Gasteiger charge is 2.14. The predicted molar refractivity (Wildman–Crippen MR) is 84.5 cm³/mol. The molecule has 4 heteroatoms. The molecule has 0 aliphatic heterocycles. The van der Waals surface area contributed by atoms with Crippen LogP contribution in [0.4, 0.5) is 4.39 Å². The van der Waals surface area contributed by atoms with Gasteiger partial charge < -0.3 is 4.74 Å². The minimum atomic E-state index is -0.275. The van der Waals surface area contributed by atoms with Gasteiger partial charge in [-0.1, -0.05) is 45.7 Å². The van der Waals surface area contributed by atoms with Crippen molar-refractivity contribution in [1.29, 1.82) is 0 Å². The van der Waals surface area contributed by atoms with Gasteiger partial charge in [0.1, 0.15) is 11.6 Å². The van der Waals surface area contributed by atoms with Crippen molar-refractivity contribution in [2.75, 3.05) is 7.11 Å². The lowest BCUT2D eigenvalue weighted by molar-refractivity contribution is 0.414. The molecule has 0 fully saturated rings. The van der Waals surface area contributed by atoms with Gasteiger partial charge in [-0.05, 0) is 48.2 Å². The van der Waals surface area contributed by atoms with Crippen molar-refractivity contribution in [3.63, 3.8) is 0 Å². The number of benzene rings is 2. The van der Waals surface area contributed by atoms with E-state index in [0.717, 1.165) is 23.3 Å². The fourth-order valence-electron chi connectivity index (χ4n) is 2.00. The smallest absolute Gasteiger partial charge is 0.127 e. The number of alkyl halides is 1. The first-order valence-corrected chi connectivity index (χ1v) is 7.53. The summed E-state index contributed by atoms with van der Waals surface area (Å²) in [6, 6.07) is 11.0. The molecule has 1 atom stereocenters. The summed E-state index contributed by atoms with van der Waals surface area (Å²) >= 11 is 9.75. The number of rotatable bonds is 4. The fraction of sp³-hybridized carbons (Fsp3) is 0.250. The van der Waals surface area contributed by atoms with Crippen LogP contribution in [-0.4, -0.2) is 7.11 Å². The van der Waals surface area contributed by atoms with Crippen LogP contribution in [0, 0.1) is 12.7 Å². The maximum absolute atomic E-state index is 13.4. The molecule has 0 saturated heterocycles. The van der Waals surface area contributed by atoms with Gasteiger partial charge in [0.25, 0.3) is 0 Å². The third kappa shape index (κ3) is 3.53. The first kappa shape index (κ1) is 15.3. The van der Waals surface area contributed by atoms with Crippen LogP contribution < -0.4 is 4.74 Å². The van der Waals surface area contributed by atoms with Gasteiger partial charge in [-0.2, -0.15) is 0 Å². The molecular formula is C16H15BrClFO. The molecule has 0 saturated carbocycles. The Hall–Kier alpha value is -1.06. The summed E-state index contributed by atoms with van der Waals surface area (Å²) in [6.45, 7) is 1.74. The second kappa shape index (κ2) is 6.59. The van der Waals surface area contributed by atoms with Crippen LogP contribution in [0.5, 0.6) is 5.75 Å². The van der Waals surface area contributed by atoms with E-state index in [0.29, 0.717) is 10.6 Å². The van der Waals surface area contributed by atoms with Crippen molar-refractivity contribution in [2.24, 2.45) is 0 Å². The molecule has 0 N–H and O–H groups in total. The van der Waals surface area contributed by atoms with E-state index < -0.39 is 0 Å². The van der Waals surface area contributed by atoms with Crippen LogP contribution in [0.15, 0.2) is 36.4 Å². The quantitative estimate of drug-likeness (QED) is 0.659. The molecule has 1 unspecified atom stereocenters. The summed E-state index contributed by atoms with van der Waals surface area (Å²) in [7, 11) is 1.64. The van der Waals surface area contributed by atoms with E-state index in [4.69, 9.17) is 16.3 Å². The lowest BCUT2D eigenvalue weighted by atomic mass is 10.0. The van der Waals surface area contributed by atoms with Gasteiger partial charge in [0.15, 0.2) is 0 Å². The first-order chi connectivity index (χ1) is 9.51. The highest BCUT2D eigenvalue weighted by Crippen LogP contribution is 2.34. The van der Waals surface area contributed by atoms with E-state index in [-0.39, 0.29) is 10.6 Å². The van der Waals surface area contributed by atoms with Gasteiger partial charge in [-0.25, -0.2) is 4.39 Å². The van der Waals surface area contributed by atoms with Crippen molar-refractivity contribution in [2.45, 2.75) is 18.2 Å². The van der Waals surface area contributed by atoms with Gasteiger partial charge in [0.2, 0.25) is 0 Å². The van der Waals surface area contributed by atoms with Crippen LogP contribution >= 0.6 is 27.5 Å². The topological polar surface area (TPSA) is 9.23 Å². The van der Waals surface area contributed by atoms with Crippen LogP contribution in [-0.2, 0) is 6.42 Å². The molecule has 2 rings (SSSR count). The Morgan fingerprint density at radius 1 is 1.25 bits per heavy atom. The largest absolute Gasteiger partial charge is 0.497 e. The van der Waals surface area contributed by atoms with Crippen molar-refractivity contribution in [3.8, 4) is 5.75 Å². The summed E-state index contributed by atoms with van der Waals surface area (Å²) in [5.74, 6) is 0.554. The Balaban J connectivity index is 2.18. The summed E-state index contributed by atoms with van der Waals surface area (Å²) in [4.78, 5) is 0.0442. The molecule has 0 radical (unpaired) electrons. The van der Waals surface area contributed by atoms with E-state index in [1.807, 2.05) is 24.3 Å². The molecule has 0 aliphatic rings. The number of hydrogen-bond acceptors (Lipinski definition) is 1. The van der Waals surface area contributed by atoms with Gasteiger partial charge >= 0.3 is 0 Å². The average molecular weight is 358 g/mol. The lowest BCUT2D eigenvalue weighted by Gasteiger charge is -2.14. The molecule has 0 aliphatic carbocycles. The summed E-state index contributed by atoms with van der Waals surface area (Å²) in [5.41, 5.74) is 2.66. The van der Waals surface area contributed by atoms with E-state index in [1.54, 1.807) is 20.1 Å². The van der Waals surface area contributed by atoms with Crippen molar-refractivity contribution in [1.82, 2.24) is 0 Å². The van der Waals surface area contributed by atoms with Crippen LogP contribution in [0.3, 0.4) is 0 Å². The van der Waals surface area contributed by atoms with Crippen LogP contribution in [0.25, 0.3) is 0 Å². The molecular weight excluding hydrogens is 343 g/mol. The summed E-state index contributed by atoms with van der Waals surface area (Å²) < 4.78 is 18.6. The minimum Gasteiger partial charge on any atom is -0.497 e. The molecule has 0 spiro atoms. The van der Waals surface area contributed by atoms with E-state index in [1.165, 1.54) is 6.07 Å². The van der Waals surface area contributed by atoms with E-state index in [2.05, 4.69) is 15.9 Å². The minimum absolute atomic E-state index is 0.0442. The molecule has 0 amide bonds. The summed E-state index contributed by atoms with van der Waals surface area (Å²) in [6.07, 6.45) is 0.773. The van der Waals surface area contributed by atoms with Crippen LogP contribution in [0.1, 0.15) is 21.5 Å². The third-order valence-electron chi connectivity index (χ3n) is 3.19. The molecule has 2 aromatic rings. The van der Waals surface area contributed by atoms with Crippen molar-refractivity contribution < 1.29 is 9.13 Å². The number of methoxy groups -OCH3 is 1. The zero-order valence-corrected chi connectivity index (χ0v) is 13.6. The molecule has 20 heavy (non-hydrogen) atoms. The Bertz CT molecular complexity index is 598. The maximum atomic E-state index is 13.4. The first-order valence-electron chi connectivity index (χ1n) is 6.24. The molecule has 106 valence electrons. The average Bonchev–Trinajstić information content (AvgIpc) is 2.43. The molecule has 0 aromatic heterocycles. The Morgan fingerprint density at radius 2 is 1.90 bits per heavy atom. The fourth-order valence-corrected chi connectivity index (χ4v) is 3.16. The van der Waals surface area contributed by atoms with Crippen molar-refractivity contribution in [3.05, 3.63) is 63.9 Å². The zero-order valence-electron chi connectivity index (χ0n) is 11.3. The third-order valence-corrected chi connectivity index (χ3v) is 4.33. The number of ether oxygens (including phenoxy) is 1. The highest BCUT2D eigenvalue weighted by atomic mass is 79.9. The maximum Gasteiger partial charge on any atom is 0.127 e. The van der Waals surface area contributed by atoms with Gasteiger partial charge in [-0.15, -0.1) is 0 Å². The summed E-state index contributed by atoms with van der Waals surface area (Å²) in [5, 5.41) is 0.448. The zero-order chi connectivity index (χ0) is 14.7. The second-order valence-electron chi connectivity index (χ2n) is 4.64. The molecule has 1 nitrogen and oxygen atoms in total. The number of aryl methyl sites for hydroxylation is 1. The molecule has 0 bridgehead atoms. The van der Waals surface area contributed by atoms with Crippen LogP contribution in [0.2, 0.25) is 5.02 Å². The lowest BCUT2D eigenvalue weighted by Crippen LogP contribution is -1.98. The Kier molecular flexibility index (Phi) is 5.06. The second-order valence-corrected chi connectivity index (χ2v) is 6.16. The number of halogens is 3. The van der Waals surface area contributed by atoms with Crippen molar-refractivity contribution >= 4 is 27.5 Å². The predicted octanol–water partition coefficient (Wildman–Crippen LogP) is 5.47. The Labute approximate surface area is 131 Å². The van der Waals surface area contributed by atoms with Gasteiger partial charge in [0.05, 0.1) is 7.11 Å². The van der Waals surface area contributed by atoms with Gasteiger partial charge in [0, 0.05) is 9.85 Å². The molecule has 0 heterocycles. The highest BCUT2D eigenvalue weighted by molar-refractivity contribution is 9.09. The van der Waals surface area contributed by atoms with Gasteiger partial charge in [-0.3, -0.25) is 0 Å². The Morgan fingerprint density at radius 3 is 2.50 bits per heavy atom. The SMILES string of the molecule is COc1ccc(CC(Br)c2cc(C)c(F)cc2Cl)cc1. The standard InChI is InChI=1S/C16H15BrClFO/c1-10-7-13(15(18)9-16(10)19)14(17)8-11-3-5-12(20-2)6-4-11/h3-7,9,14H,8H2,1-2H3. The molecule has 2 aromatic carbocycles. The van der Waals surface area contributed by atoms with E-state index >= 15 is 0 Å².